The number of anilines is 1. The van der Waals surface area contributed by atoms with Gasteiger partial charge in [0.2, 0.25) is 0 Å². The molecule has 1 heterocycles. The Morgan fingerprint density at radius 1 is 1.24 bits per heavy atom. The molecule has 0 bridgehead atoms. The highest BCUT2D eigenvalue weighted by Gasteiger charge is 2.14. The summed E-state index contributed by atoms with van der Waals surface area (Å²) in [5.41, 5.74) is 8.29. The molecule has 3 heteroatoms. The van der Waals surface area contributed by atoms with Gasteiger partial charge in [-0.15, -0.1) is 0 Å². The van der Waals surface area contributed by atoms with E-state index >= 15 is 0 Å². The van der Waals surface area contributed by atoms with Crippen molar-refractivity contribution in [3.8, 4) is 6.07 Å². The first-order valence-corrected chi connectivity index (χ1v) is 5.52. The van der Waals surface area contributed by atoms with Gasteiger partial charge in [-0.2, -0.15) is 5.26 Å². The van der Waals surface area contributed by atoms with Crippen molar-refractivity contribution < 1.29 is 0 Å². The van der Waals surface area contributed by atoms with Crippen LogP contribution in [0.1, 0.15) is 31.9 Å². The van der Waals surface area contributed by atoms with Crippen LogP contribution in [-0.4, -0.2) is 4.98 Å². The molecule has 0 spiro atoms. The minimum Gasteiger partial charge on any atom is -0.383 e. The Balaban J connectivity index is 2.69. The van der Waals surface area contributed by atoms with E-state index < -0.39 is 0 Å². The Bertz CT molecular complexity index is 616. The van der Waals surface area contributed by atoms with Crippen molar-refractivity contribution in [1.82, 2.24) is 4.98 Å². The average molecular weight is 225 g/mol. The molecule has 0 radical (unpaired) electrons. The van der Waals surface area contributed by atoms with Crippen LogP contribution in [0, 0.1) is 11.3 Å². The number of nitrogen functional groups attached to an aromatic ring is 1. The highest BCUT2D eigenvalue weighted by atomic mass is 14.8. The highest BCUT2D eigenvalue weighted by Crippen LogP contribution is 2.26. The molecule has 0 atom stereocenters. The predicted octanol–water partition coefficient (Wildman–Crippen LogP) is 2.99. The molecule has 0 aliphatic carbocycles. The fourth-order valence-electron chi connectivity index (χ4n) is 1.74. The first kappa shape index (κ1) is 11.4. The summed E-state index contributed by atoms with van der Waals surface area (Å²) in [7, 11) is 0. The molecule has 86 valence electrons. The summed E-state index contributed by atoms with van der Waals surface area (Å²) in [6.45, 7) is 6.46. The van der Waals surface area contributed by atoms with Gasteiger partial charge in [-0.1, -0.05) is 32.9 Å². The second-order valence-electron chi connectivity index (χ2n) is 5.19. The maximum atomic E-state index is 8.89. The minimum absolute atomic E-state index is 0.0819. The molecule has 0 aliphatic heterocycles. The number of nitriles is 1. The lowest BCUT2D eigenvalue weighted by atomic mass is 9.86. The first-order valence-electron chi connectivity index (χ1n) is 5.52. The van der Waals surface area contributed by atoms with Crippen molar-refractivity contribution >= 4 is 16.7 Å². The van der Waals surface area contributed by atoms with E-state index in [0.29, 0.717) is 11.4 Å². The van der Waals surface area contributed by atoms with Crippen LogP contribution in [0.5, 0.6) is 0 Å². The molecule has 3 nitrogen and oxygen atoms in total. The summed E-state index contributed by atoms with van der Waals surface area (Å²) < 4.78 is 0. The Morgan fingerprint density at radius 2 is 1.94 bits per heavy atom. The molecule has 0 amide bonds. The second-order valence-corrected chi connectivity index (χ2v) is 5.19. The molecular weight excluding hydrogens is 210 g/mol. The Labute approximate surface area is 101 Å². The molecule has 1 aromatic carbocycles. The Morgan fingerprint density at radius 3 is 2.53 bits per heavy atom. The van der Waals surface area contributed by atoms with Crippen LogP contribution in [0.2, 0.25) is 0 Å². The van der Waals surface area contributed by atoms with Crippen LogP contribution in [0.4, 0.5) is 5.82 Å². The van der Waals surface area contributed by atoms with E-state index in [0.717, 1.165) is 10.9 Å². The second kappa shape index (κ2) is 3.74. The lowest BCUT2D eigenvalue weighted by molar-refractivity contribution is 0.591. The number of hydrogen-bond donors (Lipinski definition) is 1. The fraction of sp³-hybridized carbons (Fsp3) is 0.286. The first-order chi connectivity index (χ1) is 7.91. The topological polar surface area (TPSA) is 62.7 Å². The number of nitrogens with zero attached hydrogens (tertiary/aromatic N) is 2. The summed E-state index contributed by atoms with van der Waals surface area (Å²) in [6, 6.07) is 9.92. The normalized spacial score (nSPS) is 11.4. The van der Waals surface area contributed by atoms with Gasteiger partial charge in [0.15, 0.2) is 0 Å². The van der Waals surface area contributed by atoms with E-state index in [1.807, 2.05) is 18.2 Å². The lowest BCUT2D eigenvalue weighted by Gasteiger charge is -2.19. The van der Waals surface area contributed by atoms with Gasteiger partial charge in [-0.05, 0) is 23.1 Å². The zero-order valence-electron chi connectivity index (χ0n) is 10.3. The number of rotatable bonds is 0. The van der Waals surface area contributed by atoms with Gasteiger partial charge in [0, 0.05) is 5.39 Å². The summed E-state index contributed by atoms with van der Waals surface area (Å²) in [5.74, 6) is 0.297. The third-order valence-corrected chi connectivity index (χ3v) is 2.83. The third-order valence-electron chi connectivity index (χ3n) is 2.83. The van der Waals surface area contributed by atoms with Crippen molar-refractivity contribution in [2.24, 2.45) is 0 Å². The zero-order chi connectivity index (χ0) is 12.6. The van der Waals surface area contributed by atoms with Crippen LogP contribution < -0.4 is 5.73 Å². The minimum atomic E-state index is 0.0819. The molecule has 2 N–H and O–H groups in total. The summed E-state index contributed by atoms with van der Waals surface area (Å²) in [6.07, 6.45) is 0. The van der Waals surface area contributed by atoms with Crippen molar-refractivity contribution in [3.63, 3.8) is 0 Å². The van der Waals surface area contributed by atoms with Crippen molar-refractivity contribution in [1.29, 1.82) is 5.26 Å². The SMILES string of the molecule is CC(C)(C)c1ccc2cc(C#N)c(N)nc2c1. The number of fused-ring (bicyclic) bond motifs is 1. The zero-order valence-corrected chi connectivity index (χ0v) is 10.3. The third kappa shape index (κ3) is 2.07. The van der Waals surface area contributed by atoms with Crippen LogP contribution in [0.15, 0.2) is 24.3 Å². The molecule has 2 aromatic rings. The van der Waals surface area contributed by atoms with Crippen LogP contribution in [0.3, 0.4) is 0 Å². The summed E-state index contributed by atoms with van der Waals surface area (Å²) in [5, 5.41) is 9.84. The molecule has 17 heavy (non-hydrogen) atoms. The number of nitrogens with two attached hydrogens (primary N) is 1. The smallest absolute Gasteiger partial charge is 0.142 e. The summed E-state index contributed by atoms with van der Waals surface area (Å²) >= 11 is 0. The molecule has 0 aliphatic rings. The van der Waals surface area contributed by atoms with Crippen LogP contribution in [-0.2, 0) is 5.41 Å². The fourth-order valence-corrected chi connectivity index (χ4v) is 1.74. The molecule has 0 saturated heterocycles. The van der Waals surface area contributed by atoms with E-state index in [4.69, 9.17) is 11.0 Å². The Hall–Kier alpha value is -2.08. The number of pyridine rings is 1. The number of hydrogen-bond acceptors (Lipinski definition) is 3. The molecule has 0 saturated carbocycles. The van der Waals surface area contributed by atoms with E-state index in [9.17, 15) is 0 Å². The monoisotopic (exact) mass is 225 g/mol. The largest absolute Gasteiger partial charge is 0.383 e. The summed E-state index contributed by atoms with van der Waals surface area (Å²) in [4.78, 5) is 4.28. The van der Waals surface area contributed by atoms with Gasteiger partial charge in [-0.25, -0.2) is 4.98 Å². The van der Waals surface area contributed by atoms with Crippen molar-refractivity contribution in [2.45, 2.75) is 26.2 Å². The Kier molecular flexibility index (Phi) is 2.51. The standard InChI is InChI=1S/C14H15N3/c1-14(2,3)11-5-4-9-6-10(8-15)13(16)17-12(9)7-11/h4-7H,1-3H3,(H2,16,17). The number of benzene rings is 1. The highest BCUT2D eigenvalue weighted by molar-refractivity contribution is 5.83. The van der Waals surface area contributed by atoms with E-state index in [2.05, 4.69) is 31.8 Å². The van der Waals surface area contributed by atoms with Gasteiger partial charge >= 0.3 is 0 Å². The van der Waals surface area contributed by atoms with E-state index in [1.165, 1.54) is 5.56 Å². The van der Waals surface area contributed by atoms with Gasteiger partial charge in [-0.3, -0.25) is 0 Å². The van der Waals surface area contributed by atoms with Crippen LogP contribution in [0.25, 0.3) is 10.9 Å². The van der Waals surface area contributed by atoms with Crippen LogP contribution >= 0.6 is 0 Å². The van der Waals surface area contributed by atoms with Gasteiger partial charge in [0.1, 0.15) is 11.9 Å². The maximum absolute atomic E-state index is 8.89. The predicted molar refractivity (Wildman–Crippen MR) is 69.6 cm³/mol. The molecule has 1 aromatic heterocycles. The van der Waals surface area contributed by atoms with E-state index in [-0.39, 0.29) is 5.41 Å². The molecular formula is C14H15N3. The van der Waals surface area contributed by atoms with Crippen molar-refractivity contribution in [3.05, 3.63) is 35.4 Å². The average Bonchev–Trinajstić information content (AvgIpc) is 2.26. The van der Waals surface area contributed by atoms with Gasteiger partial charge in [0.05, 0.1) is 11.1 Å². The van der Waals surface area contributed by atoms with E-state index in [1.54, 1.807) is 6.07 Å². The molecule has 0 unspecified atom stereocenters. The molecule has 2 rings (SSSR count). The van der Waals surface area contributed by atoms with Gasteiger partial charge < -0.3 is 5.73 Å². The number of aromatic nitrogens is 1. The maximum Gasteiger partial charge on any atom is 0.142 e. The van der Waals surface area contributed by atoms with Gasteiger partial charge in [0.25, 0.3) is 0 Å². The van der Waals surface area contributed by atoms with Crippen molar-refractivity contribution in [2.75, 3.05) is 5.73 Å². The lowest BCUT2D eigenvalue weighted by Crippen LogP contribution is -2.10. The quantitative estimate of drug-likeness (QED) is 0.749. The molecule has 0 fully saturated rings.